The molecular weight excluding hydrogens is 441 g/mol. The van der Waals surface area contributed by atoms with Crippen molar-refractivity contribution in [3.63, 3.8) is 0 Å². The van der Waals surface area contributed by atoms with Gasteiger partial charge in [-0.05, 0) is 61.5 Å². The fourth-order valence-electron chi connectivity index (χ4n) is 4.24. The minimum Gasteiger partial charge on any atom is -0.368 e. The van der Waals surface area contributed by atoms with E-state index in [4.69, 9.17) is 11.6 Å². The van der Waals surface area contributed by atoms with Gasteiger partial charge in [-0.15, -0.1) is 0 Å². The highest BCUT2D eigenvalue weighted by atomic mass is 35.5. The van der Waals surface area contributed by atoms with Gasteiger partial charge in [0.25, 0.3) is 5.91 Å². The number of carbonyl (C=O) groups is 1. The van der Waals surface area contributed by atoms with Gasteiger partial charge in [0.15, 0.2) is 5.82 Å². The van der Waals surface area contributed by atoms with Gasteiger partial charge in [-0.1, -0.05) is 17.7 Å². The highest BCUT2D eigenvalue weighted by Gasteiger charge is 2.29. The van der Waals surface area contributed by atoms with Crippen molar-refractivity contribution in [3.05, 3.63) is 95.2 Å². The van der Waals surface area contributed by atoms with E-state index in [0.717, 1.165) is 18.8 Å². The van der Waals surface area contributed by atoms with Crippen LogP contribution >= 0.6 is 11.6 Å². The zero-order valence-corrected chi connectivity index (χ0v) is 18.9. The third-order valence-corrected chi connectivity index (χ3v) is 6.15. The van der Waals surface area contributed by atoms with E-state index in [-0.39, 0.29) is 11.7 Å². The number of halogens is 2. The number of anilines is 1. The molecule has 1 saturated heterocycles. The molecule has 33 heavy (non-hydrogen) atoms. The summed E-state index contributed by atoms with van der Waals surface area (Å²) >= 11 is 6.14. The number of rotatable bonds is 4. The summed E-state index contributed by atoms with van der Waals surface area (Å²) in [6.45, 7) is 4.46. The topological polar surface area (TPSA) is 46.3 Å². The molecule has 0 N–H and O–H groups in total. The summed E-state index contributed by atoms with van der Waals surface area (Å²) in [4.78, 5) is 17.8. The van der Waals surface area contributed by atoms with E-state index in [1.807, 2.05) is 65.2 Å². The van der Waals surface area contributed by atoms with E-state index in [2.05, 4.69) is 10.00 Å². The summed E-state index contributed by atoms with van der Waals surface area (Å²) in [5.74, 6) is 0.265. The molecule has 4 aromatic rings. The van der Waals surface area contributed by atoms with Crippen LogP contribution in [-0.2, 0) is 0 Å². The van der Waals surface area contributed by atoms with Crippen molar-refractivity contribution in [2.45, 2.75) is 6.92 Å². The molecule has 8 heteroatoms. The number of benzene rings is 2. The molecule has 5 rings (SSSR count). The molecule has 0 bridgehead atoms. The summed E-state index contributed by atoms with van der Waals surface area (Å²) < 4.78 is 17.1. The van der Waals surface area contributed by atoms with Crippen LogP contribution in [0.5, 0.6) is 0 Å². The summed E-state index contributed by atoms with van der Waals surface area (Å²) in [5, 5.41) is 5.36. The Hall–Kier alpha value is -3.58. The average molecular weight is 464 g/mol. The fourth-order valence-corrected chi connectivity index (χ4v) is 4.43. The number of aromatic nitrogens is 3. The first kappa shape index (κ1) is 21.3. The van der Waals surface area contributed by atoms with Gasteiger partial charge < -0.3 is 14.4 Å². The molecule has 3 heterocycles. The van der Waals surface area contributed by atoms with E-state index in [1.54, 1.807) is 16.8 Å². The predicted molar refractivity (Wildman–Crippen MR) is 127 cm³/mol. The Balaban J connectivity index is 1.45. The fraction of sp³-hybridized carbons (Fsp3) is 0.200. The molecule has 0 saturated carbocycles. The van der Waals surface area contributed by atoms with Crippen molar-refractivity contribution in [2.75, 3.05) is 31.1 Å². The zero-order chi connectivity index (χ0) is 22.9. The van der Waals surface area contributed by atoms with Crippen LogP contribution in [0, 0.1) is 12.7 Å². The van der Waals surface area contributed by atoms with Gasteiger partial charge in [0.05, 0.1) is 11.4 Å². The Labute approximate surface area is 196 Å². The number of carbonyl (C=O) groups excluding carboxylic acids is 1. The number of hydrogen-bond acceptors (Lipinski definition) is 3. The van der Waals surface area contributed by atoms with Crippen molar-refractivity contribution in [2.24, 2.45) is 0 Å². The van der Waals surface area contributed by atoms with Crippen molar-refractivity contribution < 1.29 is 9.18 Å². The molecule has 0 radical (unpaired) electrons. The molecule has 0 atom stereocenters. The second-order valence-corrected chi connectivity index (χ2v) is 8.46. The molecular formula is C25H23ClFN5O. The third kappa shape index (κ3) is 4.12. The van der Waals surface area contributed by atoms with Crippen LogP contribution < -0.4 is 4.90 Å². The van der Waals surface area contributed by atoms with Gasteiger partial charge in [-0.3, -0.25) is 4.79 Å². The summed E-state index contributed by atoms with van der Waals surface area (Å²) in [7, 11) is 0. The van der Waals surface area contributed by atoms with Crippen molar-refractivity contribution in [1.29, 1.82) is 0 Å². The number of nitrogens with zero attached hydrogens (tertiary/aromatic N) is 5. The maximum atomic E-state index is 13.7. The van der Waals surface area contributed by atoms with Gasteiger partial charge in [0.1, 0.15) is 11.4 Å². The Morgan fingerprint density at radius 3 is 2.30 bits per heavy atom. The third-order valence-electron chi connectivity index (χ3n) is 5.91. The summed E-state index contributed by atoms with van der Waals surface area (Å²) in [5.41, 5.74) is 2.92. The molecule has 0 aliphatic carbocycles. The minimum atomic E-state index is -0.320. The lowest BCUT2D eigenvalue weighted by Crippen LogP contribution is -2.49. The van der Waals surface area contributed by atoms with Crippen LogP contribution in [0.1, 0.15) is 16.1 Å². The van der Waals surface area contributed by atoms with E-state index in [1.165, 1.54) is 12.1 Å². The van der Waals surface area contributed by atoms with Crippen LogP contribution in [-0.4, -0.2) is 51.3 Å². The summed E-state index contributed by atoms with van der Waals surface area (Å²) in [6.07, 6.45) is 3.76. The first-order valence-electron chi connectivity index (χ1n) is 10.8. The Kier molecular flexibility index (Phi) is 5.64. The second-order valence-electron chi connectivity index (χ2n) is 8.02. The molecule has 2 aromatic heterocycles. The maximum absolute atomic E-state index is 13.7. The molecule has 0 spiro atoms. The van der Waals surface area contributed by atoms with Gasteiger partial charge in [0.2, 0.25) is 0 Å². The largest absolute Gasteiger partial charge is 0.368 e. The lowest BCUT2D eigenvalue weighted by Gasteiger charge is -2.36. The van der Waals surface area contributed by atoms with Gasteiger partial charge in [-0.2, -0.15) is 5.10 Å². The monoisotopic (exact) mass is 463 g/mol. The van der Waals surface area contributed by atoms with Crippen molar-refractivity contribution >= 4 is 23.2 Å². The molecule has 1 fully saturated rings. The molecule has 1 aliphatic rings. The number of amides is 1. The predicted octanol–water partition coefficient (Wildman–Crippen LogP) is 4.73. The quantitative estimate of drug-likeness (QED) is 0.439. The smallest absolute Gasteiger partial charge is 0.259 e. The van der Waals surface area contributed by atoms with Crippen LogP contribution in [0.25, 0.3) is 11.5 Å². The molecule has 1 amide bonds. The first-order chi connectivity index (χ1) is 16.0. The Morgan fingerprint density at radius 1 is 0.939 bits per heavy atom. The SMILES string of the molecule is Cc1nn(-c2ccc(F)cc2)c(-n2cccc2)c1C(=O)N1CCN(c2cccc(Cl)c2)CC1. The summed E-state index contributed by atoms with van der Waals surface area (Å²) in [6, 6.07) is 17.7. The maximum Gasteiger partial charge on any atom is 0.259 e. The van der Waals surface area contributed by atoms with E-state index >= 15 is 0 Å². The van der Waals surface area contributed by atoms with Crippen LogP contribution in [0.15, 0.2) is 73.1 Å². The first-order valence-corrected chi connectivity index (χ1v) is 11.2. The Morgan fingerprint density at radius 2 is 1.64 bits per heavy atom. The lowest BCUT2D eigenvalue weighted by molar-refractivity contribution is 0.0746. The number of piperazine rings is 1. The Bertz CT molecular complexity index is 1270. The van der Waals surface area contributed by atoms with Gasteiger partial charge in [0, 0.05) is 49.3 Å². The zero-order valence-electron chi connectivity index (χ0n) is 18.2. The molecule has 1 aliphatic heterocycles. The normalized spacial score (nSPS) is 14.0. The van der Waals surface area contributed by atoms with Crippen LogP contribution in [0.2, 0.25) is 5.02 Å². The van der Waals surface area contributed by atoms with E-state index < -0.39 is 0 Å². The van der Waals surface area contributed by atoms with Crippen molar-refractivity contribution in [3.8, 4) is 11.5 Å². The second kappa shape index (κ2) is 8.75. The van der Waals surface area contributed by atoms with Gasteiger partial charge in [-0.25, -0.2) is 9.07 Å². The lowest BCUT2D eigenvalue weighted by atomic mass is 10.1. The number of hydrogen-bond donors (Lipinski definition) is 0. The molecule has 2 aromatic carbocycles. The van der Waals surface area contributed by atoms with E-state index in [9.17, 15) is 9.18 Å². The molecule has 168 valence electrons. The van der Waals surface area contributed by atoms with Crippen molar-refractivity contribution in [1.82, 2.24) is 19.2 Å². The highest BCUT2D eigenvalue weighted by Crippen LogP contribution is 2.26. The average Bonchev–Trinajstić information content (AvgIpc) is 3.47. The number of aryl methyl sites for hydroxylation is 1. The molecule has 6 nitrogen and oxygen atoms in total. The molecule has 0 unspecified atom stereocenters. The van der Waals surface area contributed by atoms with Crippen LogP contribution in [0.4, 0.5) is 10.1 Å². The van der Waals surface area contributed by atoms with Crippen LogP contribution in [0.3, 0.4) is 0 Å². The minimum absolute atomic E-state index is 0.0599. The highest BCUT2D eigenvalue weighted by molar-refractivity contribution is 6.30. The standard InChI is InChI=1S/C25H23ClFN5O/c1-18-23(25(33)31-15-13-29(14-16-31)22-6-4-5-19(26)17-22)24(30-11-2-3-12-30)32(28-18)21-9-7-20(27)8-10-21/h2-12,17H,13-16H2,1H3. The van der Waals surface area contributed by atoms with Gasteiger partial charge >= 0.3 is 0 Å². The van der Waals surface area contributed by atoms with E-state index in [0.29, 0.717) is 40.9 Å².